The topological polar surface area (TPSA) is 147 Å². The number of alkyl halides is 6. The molecule has 71 heavy (non-hydrogen) atoms. The van der Waals surface area contributed by atoms with E-state index in [-0.39, 0.29) is 65.4 Å². The summed E-state index contributed by atoms with van der Waals surface area (Å²) in [4.78, 5) is 36.4. The van der Waals surface area contributed by atoms with Gasteiger partial charge < -0.3 is 38.2 Å². The monoisotopic (exact) mass is 1110 g/mol. The Morgan fingerprint density at radius 3 is 1.48 bits per heavy atom. The fourth-order valence-electron chi connectivity index (χ4n) is 7.08. The van der Waals surface area contributed by atoms with Crippen LogP contribution in [0.1, 0.15) is 112 Å². The molecule has 0 atom stereocenters. The van der Waals surface area contributed by atoms with Crippen LogP contribution in [0.3, 0.4) is 0 Å². The molecule has 0 amide bonds. The first-order valence-electron chi connectivity index (χ1n) is 21.7. The summed E-state index contributed by atoms with van der Waals surface area (Å²) in [5.74, 6) is -0.741. The number of esters is 2. The summed E-state index contributed by atoms with van der Waals surface area (Å²) in [6.07, 6.45) is -9.07. The molecule has 382 valence electrons. The third-order valence-corrected chi connectivity index (χ3v) is 12.3. The molecular weight excluding hydrogens is 1050 g/mol. The summed E-state index contributed by atoms with van der Waals surface area (Å²) >= 11 is 1.55. The molecule has 3 heterocycles. The highest BCUT2D eigenvalue weighted by atomic mass is 127. The third-order valence-electron chi connectivity index (χ3n) is 11.5. The maximum Gasteiger partial charge on any atom is 0.495 e. The number of nitrogens with one attached hydrogen (secondary N) is 2. The minimum atomic E-state index is -4.65. The van der Waals surface area contributed by atoms with Gasteiger partial charge in [-0.2, -0.15) is 26.3 Å². The lowest BCUT2D eigenvalue weighted by Crippen LogP contribution is -2.41. The SMILES string of the molecule is C.COC(=O)c1cc(-c2nc(COCc3ccccc3)[nH]c2C(F)(F)F)c(C)cc1C.COC(=O)c1cc(B2OC(C)(C)C(C)(C)O2)c(C)cc1C.FC(F)(F)c1[nH]c(COCc2ccccc2)nc1I. The zero-order chi connectivity index (χ0) is 51.8. The van der Waals surface area contributed by atoms with Gasteiger partial charge in [-0.3, -0.25) is 0 Å². The smallest absolute Gasteiger partial charge is 0.465 e. The Balaban J connectivity index is 0.000000238. The minimum Gasteiger partial charge on any atom is -0.465 e. The lowest BCUT2D eigenvalue weighted by molar-refractivity contribution is -0.142. The fourth-order valence-corrected chi connectivity index (χ4v) is 7.82. The van der Waals surface area contributed by atoms with E-state index >= 15 is 0 Å². The van der Waals surface area contributed by atoms with E-state index in [0.29, 0.717) is 23.3 Å². The number of carbonyl (C=O) groups is 2. The lowest BCUT2D eigenvalue weighted by Gasteiger charge is -2.32. The van der Waals surface area contributed by atoms with Crippen molar-refractivity contribution in [3.8, 4) is 11.3 Å². The summed E-state index contributed by atoms with van der Waals surface area (Å²) < 4.78 is 111. The highest BCUT2D eigenvalue weighted by molar-refractivity contribution is 14.1. The van der Waals surface area contributed by atoms with E-state index in [9.17, 15) is 35.9 Å². The number of hydrogen-bond acceptors (Lipinski definition) is 10. The molecule has 0 spiro atoms. The average molecular weight is 1110 g/mol. The number of rotatable bonds is 12. The largest absolute Gasteiger partial charge is 0.495 e. The Bertz CT molecular complexity index is 2730. The summed E-state index contributed by atoms with van der Waals surface area (Å²) in [6.45, 7) is 15.8. The molecule has 1 aliphatic heterocycles. The molecule has 20 heteroatoms. The minimum absolute atomic E-state index is 0. The first-order chi connectivity index (χ1) is 32.8. The predicted molar refractivity (Wildman–Crippen MR) is 266 cm³/mol. The maximum absolute atomic E-state index is 13.7. The van der Waals surface area contributed by atoms with Gasteiger partial charge in [-0.1, -0.05) is 85.8 Å². The van der Waals surface area contributed by atoms with Gasteiger partial charge in [0.1, 0.15) is 40.0 Å². The van der Waals surface area contributed by atoms with Crippen LogP contribution in [0.4, 0.5) is 26.3 Å². The zero-order valence-electron chi connectivity index (χ0n) is 40.3. The number of aryl methyl sites for hydroxylation is 4. The lowest BCUT2D eigenvalue weighted by atomic mass is 9.75. The van der Waals surface area contributed by atoms with E-state index in [1.54, 1.807) is 42.5 Å². The Labute approximate surface area is 423 Å². The molecular formula is C51H58BF6IN4O8. The van der Waals surface area contributed by atoms with Crippen LogP contribution < -0.4 is 5.46 Å². The van der Waals surface area contributed by atoms with Gasteiger partial charge in [0.25, 0.3) is 0 Å². The molecule has 0 bridgehead atoms. The summed E-state index contributed by atoms with van der Waals surface area (Å²) in [5.41, 5.74) is 3.89. The van der Waals surface area contributed by atoms with E-state index in [2.05, 4.69) is 19.9 Å². The predicted octanol–water partition coefficient (Wildman–Crippen LogP) is 12.0. The second-order valence-corrected chi connectivity index (χ2v) is 18.3. The van der Waals surface area contributed by atoms with Crippen LogP contribution in [-0.4, -0.2) is 64.4 Å². The van der Waals surface area contributed by atoms with Gasteiger partial charge in [0.15, 0.2) is 5.69 Å². The highest BCUT2D eigenvalue weighted by Gasteiger charge is 2.52. The van der Waals surface area contributed by atoms with E-state index in [0.717, 1.165) is 27.7 Å². The number of aromatic amines is 2. The van der Waals surface area contributed by atoms with E-state index in [1.165, 1.54) is 20.3 Å². The van der Waals surface area contributed by atoms with Gasteiger partial charge in [-0.05, 0) is 123 Å². The Morgan fingerprint density at radius 1 is 0.620 bits per heavy atom. The standard InChI is InChI=1S/C22H21F3N2O3.C16H23BO4.C12H10F3IN2O.CH4/c1-13-9-14(2)17(21(28)29-3)10-16(13)19-20(22(23,24)25)27-18(26-19)12-30-11-15-7-5-4-6-8-15;1-10-8-11(2)13(9-12(10)14(18)19-7)17-20-15(3,4)16(5,6)21-17;13-12(14,15)10-11(16)18-9(17-10)7-19-6-8-4-2-1-3-5-8;/h4-10H,11-12H2,1-3H3,(H,26,27);8-9H,1-7H3;1-5H,6-7H2,(H,17,18);1H4. The van der Waals surface area contributed by atoms with Crippen LogP contribution in [0.2, 0.25) is 0 Å². The molecule has 2 N–H and O–H groups in total. The van der Waals surface area contributed by atoms with Crippen LogP contribution >= 0.6 is 22.6 Å². The highest BCUT2D eigenvalue weighted by Crippen LogP contribution is 2.39. The Hall–Kier alpha value is -5.55. The van der Waals surface area contributed by atoms with Gasteiger partial charge in [-0.15, -0.1) is 0 Å². The second kappa shape index (κ2) is 24.2. The van der Waals surface area contributed by atoms with Crippen molar-refractivity contribution in [2.75, 3.05) is 14.2 Å². The number of methoxy groups -OCH3 is 2. The fraction of sp³-hybridized carbons (Fsp3) is 0.373. The molecule has 6 aromatic rings. The molecule has 12 nitrogen and oxygen atoms in total. The molecule has 0 aliphatic carbocycles. The molecule has 0 saturated carbocycles. The molecule has 0 unspecified atom stereocenters. The van der Waals surface area contributed by atoms with Crippen LogP contribution in [0.25, 0.3) is 11.3 Å². The maximum atomic E-state index is 13.7. The summed E-state index contributed by atoms with van der Waals surface area (Å²) in [5, 5.41) is 0. The van der Waals surface area contributed by atoms with E-state index in [4.69, 9.17) is 28.3 Å². The van der Waals surface area contributed by atoms with Gasteiger partial charge in [0.05, 0.1) is 49.8 Å². The van der Waals surface area contributed by atoms with Crippen molar-refractivity contribution in [3.63, 3.8) is 0 Å². The van der Waals surface area contributed by atoms with E-state index in [1.807, 2.05) is 114 Å². The van der Waals surface area contributed by atoms with Crippen molar-refractivity contribution < 1.29 is 64.2 Å². The van der Waals surface area contributed by atoms with Crippen molar-refractivity contribution in [1.29, 1.82) is 0 Å². The molecule has 7 rings (SSSR count). The van der Waals surface area contributed by atoms with Crippen molar-refractivity contribution >= 4 is 47.1 Å². The Morgan fingerprint density at radius 2 is 1.04 bits per heavy atom. The van der Waals surface area contributed by atoms with Crippen molar-refractivity contribution in [1.82, 2.24) is 19.9 Å². The molecule has 1 fully saturated rings. The number of nitrogens with zero attached hydrogens (tertiary/aromatic N) is 2. The van der Waals surface area contributed by atoms with Gasteiger partial charge in [-0.25, -0.2) is 19.6 Å². The molecule has 4 aromatic carbocycles. The number of imidazole rings is 2. The van der Waals surface area contributed by atoms with Crippen molar-refractivity contribution in [2.45, 2.75) is 113 Å². The van der Waals surface area contributed by atoms with Gasteiger partial charge in [0, 0.05) is 5.56 Å². The summed E-state index contributed by atoms with van der Waals surface area (Å²) in [6, 6.07) is 25.5. The van der Waals surface area contributed by atoms with Crippen LogP contribution in [0.5, 0.6) is 0 Å². The number of ether oxygens (including phenoxy) is 4. The molecule has 2 aromatic heterocycles. The van der Waals surface area contributed by atoms with Crippen molar-refractivity contribution in [2.24, 2.45) is 0 Å². The van der Waals surface area contributed by atoms with Crippen molar-refractivity contribution in [3.05, 3.63) is 156 Å². The van der Waals surface area contributed by atoms with Gasteiger partial charge in [0.2, 0.25) is 0 Å². The average Bonchev–Trinajstić information content (AvgIpc) is 3.96. The molecule has 0 radical (unpaired) electrons. The third kappa shape index (κ3) is 15.0. The zero-order valence-corrected chi connectivity index (χ0v) is 42.5. The number of H-pyrrole nitrogens is 2. The van der Waals surface area contributed by atoms with Crippen LogP contribution in [-0.2, 0) is 67.0 Å². The normalized spacial score (nSPS) is 13.8. The summed E-state index contributed by atoms with van der Waals surface area (Å²) in [7, 11) is 2.13. The first-order valence-corrected chi connectivity index (χ1v) is 22.8. The number of halogens is 7. The van der Waals surface area contributed by atoms with Crippen LogP contribution in [0.15, 0.2) is 84.9 Å². The number of carbonyl (C=O) groups excluding carboxylic acids is 2. The van der Waals surface area contributed by atoms with Gasteiger partial charge >= 0.3 is 31.4 Å². The van der Waals surface area contributed by atoms with E-state index < -0.39 is 48.0 Å². The quantitative estimate of drug-likeness (QED) is 0.0525. The Kier molecular flexibility index (Phi) is 19.8. The number of benzene rings is 4. The van der Waals surface area contributed by atoms with Crippen LogP contribution in [0, 0.1) is 31.4 Å². The number of aromatic nitrogens is 4. The first kappa shape index (κ1) is 58.0. The number of hydrogen-bond donors (Lipinski definition) is 2. The molecule has 1 saturated heterocycles. The second-order valence-electron chi connectivity index (χ2n) is 17.3. The molecule has 1 aliphatic rings.